The highest BCUT2D eigenvalue weighted by Gasteiger charge is 2.13. The zero-order valence-electron chi connectivity index (χ0n) is 12.8. The molecule has 0 aliphatic rings. The van der Waals surface area contributed by atoms with Crippen molar-refractivity contribution in [1.29, 1.82) is 5.26 Å². The van der Waals surface area contributed by atoms with Gasteiger partial charge in [-0.1, -0.05) is 41.4 Å². The van der Waals surface area contributed by atoms with Crippen LogP contribution in [0.25, 0.3) is 6.08 Å². The molecule has 2 aromatic rings. The largest absolute Gasteiger partial charge is 0.495 e. The van der Waals surface area contributed by atoms with Crippen LogP contribution in [-0.2, 0) is 4.79 Å². The van der Waals surface area contributed by atoms with Gasteiger partial charge < -0.3 is 10.1 Å². The number of nitriles is 1. The number of carbonyl (C=O) groups is 1. The molecular weight excluding hydrogens is 312 g/mol. The Hall–Kier alpha value is -2.77. The zero-order valence-corrected chi connectivity index (χ0v) is 13.5. The smallest absolute Gasteiger partial charge is 0.266 e. The summed E-state index contributed by atoms with van der Waals surface area (Å²) >= 11 is 5.93. The first-order valence-corrected chi connectivity index (χ1v) is 7.24. The Morgan fingerprint density at radius 1 is 1.26 bits per heavy atom. The number of rotatable bonds is 4. The molecule has 23 heavy (non-hydrogen) atoms. The third-order valence-corrected chi connectivity index (χ3v) is 3.40. The highest BCUT2D eigenvalue weighted by molar-refractivity contribution is 6.31. The molecule has 116 valence electrons. The number of hydrogen-bond donors (Lipinski definition) is 1. The second-order valence-corrected chi connectivity index (χ2v) is 5.32. The Labute approximate surface area is 140 Å². The van der Waals surface area contributed by atoms with Crippen molar-refractivity contribution in [2.45, 2.75) is 6.92 Å². The van der Waals surface area contributed by atoms with Crippen molar-refractivity contribution in [3.8, 4) is 11.8 Å². The lowest BCUT2D eigenvalue weighted by Gasteiger charge is -2.10. The molecule has 4 nitrogen and oxygen atoms in total. The fraction of sp³-hybridized carbons (Fsp3) is 0.111. The molecule has 0 fully saturated rings. The molecule has 0 bridgehead atoms. The van der Waals surface area contributed by atoms with Crippen molar-refractivity contribution in [1.82, 2.24) is 0 Å². The van der Waals surface area contributed by atoms with Gasteiger partial charge >= 0.3 is 0 Å². The molecule has 0 saturated heterocycles. The van der Waals surface area contributed by atoms with Crippen LogP contribution in [-0.4, -0.2) is 13.0 Å². The molecule has 2 aromatic carbocycles. The minimum Gasteiger partial charge on any atom is -0.495 e. The van der Waals surface area contributed by atoms with Gasteiger partial charge in [0.05, 0.1) is 12.8 Å². The highest BCUT2D eigenvalue weighted by Crippen LogP contribution is 2.28. The average Bonchev–Trinajstić information content (AvgIpc) is 2.54. The van der Waals surface area contributed by atoms with Gasteiger partial charge in [-0.05, 0) is 36.8 Å². The Bertz CT molecular complexity index is 790. The standard InChI is InChI=1S/C18H15ClN2O2/c1-12-3-5-13(6-4-12)9-14(11-20)18(22)21-16-10-15(19)7-8-17(16)23-2/h3-10H,1-2H3,(H,21,22)/b14-9+. The van der Waals surface area contributed by atoms with E-state index in [4.69, 9.17) is 16.3 Å². The van der Waals surface area contributed by atoms with E-state index in [0.29, 0.717) is 16.5 Å². The molecule has 0 heterocycles. The number of nitrogens with one attached hydrogen (secondary N) is 1. The predicted molar refractivity (Wildman–Crippen MR) is 91.4 cm³/mol. The van der Waals surface area contributed by atoms with E-state index in [0.717, 1.165) is 11.1 Å². The van der Waals surface area contributed by atoms with Gasteiger partial charge in [0, 0.05) is 5.02 Å². The topological polar surface area (TPSA) is 62.1 Å². The molecule has 0 unspecified atom stereocenters. The summed E-state index contributed by atoms with van der Waals surface area (Å²) in [4.78, 5) is 12.3. The van der Waals surface area contributed by atoms with Crippen LogP contribution < -0.4 is 10.1 Å². The fourth-order valence-corrected chi connectivity index (χ4v) is 2.12. The van der Waals surface area contributed by atoms with Crippen molar-refractivity contribution < 1.29 is 9.53 Å². The average molecular weight is 327 g/mol. The van der Waals surface area contributed by atoms with Gasteiger partial charge in [-0.3, -0.25) is 4.79 Å². The Kier molecular flexibility index (Phi) is 5.40. The van der Waals surface area contributed by atoms with E-state index in [1.54, 1.807) is 18.2 Å². The lowest BCUT2D eigenvalue weighted by atomic mass is 10.1. The summed E-state index contributed by atoms with van der Waals surface area (Å²) < 4.78 is 5.17. The number of benzene rings is 2. The molecule has 0 spiro atoms. The number of halogens is 1. The van der Waals surface area contributed by atoms with Gasteiger partial charge in [-0.15, -0.1) is 0 Å². The van der Waals surface area contributed by atoms with E-state index < -0.39 is 5.91 Å². The van der Waals surface area contributed by atoms with Gasteiger partial charge in [0.25, 0.3) is 5.91 Å². The molecule has 0 atom stereocenters. The molecule has 2 rings (SSSR count). The van der Waals surface area contributed by atoms with Crippen LogP contribution in [0.1, 0.15) is 11.1 Å². The number of amides is 1. The number of methoxy groups -OCH3 is 1. The molecule has 0 radical (unpaired) electrons. The van der Waals surface area contributed by atoms with Gasteiger partial charge in [0.2, 0.25) is 0 Å². The SMILES string of the molecule is COc1ccc(Cl)cc1NC(=O)/C(C#N)=C/c1ccc(C)cc1. The van der Waals surface area contributed by atoms with Gasteiger partial charge in [0.1, 0.15) is 17.4 Å². The maximum atomic E-state index is 12.3. The lowest BCUT2D eigenvalue weighted by molar-refractivity contribution is -0.112. The van der Waals surface area contributed by atoms with Gasteiger partial charge in [-0.2, -0.15) is 5.26 Å². The minimum absolute atomic E-state index is 0.00381. The van der Waals surface area contributed by atoms with Crippen LogP contribution in [0.2, 0.25) is 5.02 Å². The van der Waals surface area contributed by atoms with Crippen molar-refractivity contribution in [3.63, 3.8) is 0 Å². The van der Waals surface area contributed by atoms with E-state index in [9.17, 15) is 10.1 Å². The van der Waals surface area contributed by atoms with E-state index >= 15 is 0 Å². The summed E-state index contributed by atoms with van der Waals surface area (Å²) in [6.07, 6.45) is 1.53. The molecular formula is C18H15ClN2O2. The van der Waals surface area contributed by atoms with Crippen molar-refractivity contribution in [2.24, 2.45) is 0 Å². The highest BCUT2D eigenvalue weighted by atomic mass is 35.5. The van der Waals surface area contributed by atoms with E-state index in [2.05, 4.69) is 5.32 Å². The normalized spacial score (nSPS) is 10.8. The van der Waals surface area contributed by atoms with Crippen LogP contribution in [0, 0.1) is 18.3 Å². The number of nitrogens with zero attached hydrogens (tertiary/aromatic N) is 1. The van der Waals surface area contributed by atoms with E-state index in [-0.39, 0.29) is 5.57 Å². The molecule has 0 aliphatic heterocycles. The van der Waals surface area contributed by atoms with Crippen LogP contribution in [0.15, 0.2) is 48.0 Å². The first-order chi connectivity index (χ1) is 11.0. The predicted octanol–water partition coefficient (Wildman–Crippen LogP) is 4.20. The Morgan fingerprint density at radius 2 is 1.96 bits per heavy atom. The van der Waals surface area contributed by atoms with Crippen LogP contribution in [0.5, 0.6) is 5.75 Å². The van der Waals surface area contributed by atoms with E-state index in [1.807, 2.05) is 37.3 Å². The third-order valence-electron chi connectivity index (χ3n) is 3.16. The number of anilines is 1. The first kappa shape index (κ1) is 16.6. The molecule has 5 heteroatoms. The van der Waals surface area contributed by atoms with Crippen LogP contribution in [0.4, 0.5) is 5.69 Å². The summed E-state index contributed by atoms with van der Waals surface area (Å²) in [7, 11) is 1.49. The van der Waals surface area contributed by atoms with Crippen LogP contribution in [0.3, 0.4) is 0 Å². The van der Waals surface area contributed by atoms with E-state index in [1.165, 1.54) is 13.2 Å². The molecule has 0 aromatic heterocycles. The number of ether oxygens (including phenoxy) is 1. The zero-order chi connectivity index (χ0) is 16.8. The second-order valence-electron chi connectivity index (χ2n) is 4.88. The summed E-state index contributed by atoms with van der Waals surface area (Å²) in [5.41, 5.74) is 2.29. The van der Waals surface area contributed by atoms with Crippen molar-refractivity contribution in [3.05, 3.63) is 64.2 Å². The summed E-state index contributed by atoms with van der Waals surface area (Å²) in [6.45, 7) is 1.97. The molecule has 0 aliphatic carbocycles. The fourth-order valence-electron chi connectivity index (χ4n) is 1.95. The summed E-state index contributed by atoms with van der Waals surface area (Å²) in [5.74, 6) is -0.0518. The number of hydrogen-bond acceptors (Lipinski definition) is 3. The molecule has 0 saturated carbocycles. The summed E-state index contributed by atoms with van der Waals surface area (Å²) in [5, 5.41) is 12.3. The summed E-state index contributed by atoms with van der Waals surface area (Å²) in [6, 6.07) is 14.3. The molecule has 1 N–H and O–H groups in total. The lowest BCUT2D eigenvalue weighted by Crippen LogP contribution is -2.14. The van der Waals surface area contributed by atoms with Crippen LogP contribution >= 0.6 is 11.6 Å². The second kappa shape index (κ2) is 7.48. The first-order valence-electron chi connectivity index (χ1n) is 6.87. The number of aryl methyl sites for hydroxylation is 1. The quantitative estimate of drug-likeness (QED) is 0.676. The third kappa shape index (κ3) is 4.35. The van der Waals surface area contributed by atoms with Gasteiger partial charge in [0.15, 0.2) is 0 Å². The number of carbonyl (C=O) groups excluding carboxylic acids is 1. The minimum atomic E-state index is -0.520. The molecule has 1 amide bonds. The van der Waals surface area contributed by atoms with Crippen molar-refractivity contribution in [2.75, 3.05) is 12.4 Å². The monoisotopic (exact) mass is 326 g/mol. The maximum absolute atomic E-state index is 12.3. The van der Waals surface area contributed by atoms with Gasteiger partial charge in [-0.25, -0.2) is 0 Å². The maximum Gasteiger partial charge on any atom is 0.266 e. The Morgan fingerprint density at radius 3 is 2.57 bits per heavy atom. The Balaban J connectivity index is 2.26. The van der Waals surface area contributed by atoms with Crippen molar-refractivity contribution >= 4 is 29.3 Å².